The van der Waals surface area contributed by atoms with E-state index in [1.54, 1.807) is 0 Å². The molecule has 2 aromatic rings. The number of aryl methyl sites for hydroxylation is 1. The number of benzene rings is 1. The highest BCUT2D eigenvalue weighted by atomic mass is 32.2. The van der Waals surface area contributed by atoms with Crippen LogP contribution in [-0.2, 0) is 0 Å². The molecule has 0 bridgehead atoms. The van der Waals surface area contributed by atoms with Gasteiger partial charge in [-0.3, -0.25) is 5.10 Å². The molecule has 0 fully saturated rings. The van der Waals surface area contributed by atoms with E-state index in [1.807, 2.05) is 24.3 Å². The monoisotopic (exact) mass is 229 g/mol. The van der Waals surface area contributed by atoms with Gasteiger partial charge in [-0.1, -0.05) is 47.5 Å². The van der Waals surface area contributed by atoms with E-state index in [0.29, 0.717) is 10.9 Å². The van der Waals surface area contributed by atoms with E-state index in [0.717, 1.165) is 11.4 Å². The molecule has 0 spiro atoms. The van der Waals surface area contributed by atoms with Crippen LogP contribution in [0.2, 0.25) is 0 Å². The van der Waals surface area contributed by atoms with Crippen molar-refractivity contribution in [3.8, 4) is 23.7 Å². The first-order valence-electron chi connectivity index (χ1n) is 4.85. The number of hydrogen-bond acceptors (Lipinski definition) is 3. The van der Waals surface area contributed by atoms with Crippen LogP contribution in [0.25, 0.3) is 11.4 Å². The van der Waals surface area contributed by atoms with Gasteiger partial charge in [0, 0.05) is 5.56 Å². The quantitative estimate of drug-likeness (QED) is 0.649. The SMILES string of the molecule is C#CCSc1n[nH]c(-c2ccc(C)cc2)n1. The third kappa shape index (κ3) is 2.44. The van der Waals surface area contributed by atoms with Gasteiger partial charge in [0.25, 0.3) is 0 Å². The number of H-pyrrole nitrogens is 1. The molecule has 0 unspecified atom stereocenters. The molecular weight excluding hydrogens is 218 g/mol. The maximum absolute atomic E-state index is 5.17. The van der Waals surface area contributed by atoms with Gasteiger partial charge in [-0.15, -0.1) is 11.5 Å². The summed E-state index contributed by atoms with van der Waals surface area (Å²) in [6.45, 7) is 2.05. The third-order valence-corrected chi connectivity index (χ3v) is 2.83. The summed E-state index contributed by atoms with van der Waals surface area (Å²) in [4.78, 5) is 4.35. The van der Waals surface area contributed by atoms with Crippen LogP contribution in [-0.4, -0.2) is 20.9 Å². The lowest BCUT2D eigenvalue weighted by Gasteiger charge is -1.95. The van der Waals surface area contributed by atoms with Crippen molar-refractivity contribution in [1.29, 1.82) is 0 Å². The molecule has 0 aliphatic rings. The van der Waals surface area contributed by atoms with Gasteiger partial charge < -0.3 is 0 Å². The van der Waals surface area contributed by atoms with E-state index in [2.05, 4.69) is 28.0 Å². The first-order chi connectivity index (χ1) is 7.79. The molecule has 1 aromatic heterocycles. The average Bonchev–Trinajstić information content (AvgIpc) is 2.76. The molecule has 1 N–H and O–H groups in total. The minimum atomic E-state index is 0.588. The predicted octanol–water partition coefficient (Wildman–Crippen LogP) is 2.51. The van der Waals surface area contributed by atoms with Crippen LogP contribution in [0.5, 0.6) is 0 Å². The Balaban J connectivity index is 2.18. The maximum Gasteiger partial charge on any atom is 0.209 e. The summed E-state index contributed by atoms with van der Waals surface area (Å²) >= 11 is 1.45. The molecule has 0 saturated heterocycles. The molecule has 16 heavy (non-hydrogen) atoms. The first kappa shape index (κ1) is 10.8. The highest BCUT2D eigenvalue weighted by Gasteiger charge is 2.04. The Hall–Kier alpha value is -1.73. The fraction of sp³-hybridized carbons (Fsp3) is 0.167. The van der Waals surface area contributed by atoms with Gasteiger partial charge >= 0.3 is 0 Å². The smallest absolute Gasteiger partial charge is 0.209 e. The second-order valence-corrected chi connectivity index (χ2v) is 4.27. The zero-order valence-electron chi connectivity index (χ0n) is 8.90. The van der Waals surface area contributed by atoms with Gasteiger partial charge in [0.2, 0.25) is 5.16 Å². The molecular formula is C12H11N3S. The first-order valence-corrected chi connectivity index (χ1v) is 5.84. The lowest BCUT2D eigenvalue weighted by molar-refractivity contribution is 0.975. The van der Waals surface area contributed by atoms with Crippen molar-refractivity contribution in [3.05, 3.63) is 29.8 Å². The lowest BCUT2D eigenvalue weighted by atomic mass is 10.1. The average molecular weight is 229 g/mol. The Labute approximate surface area is 98.7 Å². The number of nitrogens with zero attached hydrogens (tertiary/aromatic N) is 2. The van der Waals surface area contributed by atoms with Crippen LogP contribution in [0.4, 0.5) is 0 Å². The van der Waals surface area contributed by atoms with E-state index in [1.165, 1.54) is 17.3 Å². The molecule has 0 radical (unpaired) electrons. The summed E-state index contributed by atoms with van der Waals surface area (Å²) in [6.07, 6.45) is 5.17. The predicted molar refractivity (Wildman–Crippen MR) is 66.1 cm³/mol. The minimum Gasteiger partial charge on any atom is -0.258 e. The Morgan fingerprint density at radius 3 is 2.81 bits per heavy atom. The summed E-state index contributed by atoms with van der Waals surface area (Å²) in [5, 5.41) is 7.67. The molecule has 0 aliphatic carbocycles. The third-order valence-electron chi connectivity index (χ3n) is 2.07. The van der Waals surface area contributed by atoms with Gasteiger partial charge in [-0.25, -0.2) is 4.98 Å². The second kappa shape index (κ2) is 4.86. The highest BCUT2D eigenvalue weighted by Crippen LogP contribution is 2.18. The summed E-state index contributed by atoms with van der Waals surface area (Å²) < 4.78 is 0. The lowest BCUT2D eigenvalue weighted by Crippen LogP contribution is -1.81. The number of rotatable bonds is 3. The van der Waals surface area contributed by atoms with Gasteiger partial charge in [-0.05, 0) is 6.92 Å². The largest absolute Gasteiger partial charge is 0.258 e. The maximum atomic E-state index is 5.17. The van der Waals surface area contributed by atoms with E-state index in [-0.39, 0.29) is 0 Å². The summed E-state index contributed by atoms with van der Waals surface area (Å²) in [7, 11) is 0. The number of hydrogen-bond donors (Lipinski definition) is 1. The van der Waals surface area contributed by atoms with E-state index in [9.17, 15) is 0 Å². The van der Waals surface area contributed by atoms with Crippen LogP contribution >= 0.6 is 11.8 Å². The molecule has 3 nitrogen and oxygen atoms in total. The normalized spacial score (nSPS) is 10.0. The molecule has 1 heterocycles. The topological polar surface area (TPSA) is 41.6 Å². The standard InChI is InChI=1S/C12H11N3S/c1-3-8-16-12-13-11(14-15-12)10-6-4-9(2)5-7-10/h1,4-7H,8H2,2H3,(H,13,14,15). The van der Waals surface area contributed by atoms with Crippen molar-refractivity contribution in [2.45, 2.75) is 12.1 Å². The number of thioether (sulfide) groups is 1. The summed E-state index contributed by atoms with van der Waals surface area (Å²) in [5.74, 6) is 3.91. The van der Waals surface area contributed by atoms with E-state index < -0.39 is 0 Å². The number of aromatic nitrogens is 3. The summed E-state index contributed by atoms with van der Waals surface area (Å²) in [5.41, 5.74) is 2.26. The van der Waals surface area contributed by atoms with Crippen molar-refractivity contribution >= 4 is 11.8 Å². The van der Waals surface area contributed by atoms with E-state index >= 15 is 0 Å². The van der Waals surface area contributed by atoms with Crippen molar-refractivity contribution in [1.82, 2.24) is 15.2 Å². The number of nitrogens with one attached hydrogen (secondary N) is 1. The molecule has 80 valence electrons. The number of terminal acetylenes is 1. The Kier molecular flexibility index (Phi) is 3.28. The van der Waals surface area contributed by atoms with Crippen molar-refractivity contribution < 1.29 is 0 Å². The van der Waals surface area contributed by atoms with Gasteiger partial charge in [0.05, 0.1) is 5.75 Å². The second-order valence-electron chi connectivity index (χ2n) is 3.33. The van der Waals surface area contributed by atoms with Crippen molar-refractivity contribution in [2.75, 3.05) is 5.75 Å². The Morgan fingerprint density at radius 1 is 1.38 bits per heavy atom. The fourth-order valence-electron chi connectivity index (χ4n) is 1.26. The zero-order chi connectivity index (χ0) is 11.4. The Bertz CT molecular complexity index is 508. The van der Waals surface area contributed by atoms with E-state index in [4.69, 9.17) is 6.42 Å². The Morgan fingerprint density at radius 2 is 2.12 bits per heavy atom. The molecule has 0 aliphatic heterocycles. The van der Waals surface area contributed by atoms with Crippen LogP contribution in [0.1, 0.15) is 5.56 Å². The minimum absolute atomic E-state index is 0.588. The molecule has 4 heteroatoms. The van der Waals surface area contributed by atoms with Gasteiger partial charge in [0.1, 0.15) is 0 Å². The highest BCUT2D eigenvalue weighted by molar-refractivity contribution is 7.99. The molecule has 1 aromatic carbocycles. The zero-order valence-corrected chi connectivity index (χ0v) is 9.71. The van der Waals surface area contributed by atoms with Crippen LogP contribution in [0.15, 0.2) is 29.4 Å². The molecule has 0 atom stereocenters. The van der Waals surface area contributed by atoms with Gasteiger partial charge in [-0.2, -0.15) is 0 Å². The van der Waals surface area contributed by atoms with Crippen molar-refractivity contribution in [3.63, 3.8) is 0 Å². The molecule has 0 amide bonds. The fourth-order valence-corrected chi connectivity index (χ4v) is 1.74. The molecule has 2 rings (SSSR count). The van der Waals surface area contributed by atoms with Gasteiger partial charge in [0.15, 0.2) is 5.82 Å². The summed E-state index contributed by atoms with van der Waals surface area (Å²) in [6, 6.07) is 8.13. The van der Waals surface area contributed by atoms with Crippen molar-refractivity contribution in [2.24, 2.45) is 0 Å². The van der Waals surface area contributed by atoms with Crippen LogP contribution in [0, 0.1) is 19.3 Å². The number of aromatic amines is 1. The molecule has 0 saturated carbocycles. The van der Waals surface area contributed by atoms with Crippen LogP contribution < -0.4 is 0 Å². The van der Waals surface area contributed by atoms with Crippen LogP contribution in [0.3, 0.4) is 0 Å².